The second-order valence-electron chi connectivity index (χ2n) is 8.87. The number of aliphatic imine (C=N–C) groups is 1. The number of carboxylic acids is 1. The van der Waals surface area contributed by atoms with Gasteiger partial charge >= 0.3 is 5.97 Å². The fraction of sp³-hybridized carbons (Fsp3) is 0.259. The van der Waals surface area contributed by atoms with Crippen molar-refractivity contribution in [2.24, 2.45) is 10.9 Å². The summed E-state index contributed by atoms with van der Waals surface area (Å²) < 4.78 is 1.98. The number of fused-ring (bicyclic) bond motifs is 3. The molecule has 3 heterocycles. The van der Waals surface area contributed by atoms with Crippen molar-refractivity contribution in [3.8, 4) is 5.00 Å². The van der Waals surface area contributed by atoms with E-state index in [2.05, 4.69) is 41.5 Å². The normalized spacial score (nSPS) is 15.5. The first-order valence-electron chi connectivity index (χ1n) is 11.6. The number of benzene rings is 2. The van der Waals surface area contributed by atoms with Crippen LogP contribution in [0.5, 0.6) is 0 Å². The molecule has 0 fully saturated rings. The number of aliphatic carboxylic acids is 1. The second kappa shape index (κ2) is 9.11. The predicted octanol–water partition coefficient (Wildman–Crippen LogP) is 5.48. The Morgan fingerprint density at radius 1 is 1.09 bits per heavy atom. The van der Waals surface area contributed by atoms with E-state index in [9.17, 15) is 9.90 Å². The minimum Gasteiger partial charge on any atom is -0.481 e. The van der Waals surface area contributed by atoms with Gasteiger partial charge in [-0.1, -0.05) is 42.5 Å². The van der Waals surface area contributed by atoms with E-state index >= 15 is 0 Å². The van der Waals surface area contributed by atoms with Gasteiger partial charge < -0.3 is 10.4 Å². The zero-order valence-electron chi connectivity index (χ0n) is 20.1. The van der Waals surface area contributed by atoms with Crippen molar-refractivity contribution in [1.82, 2.24) is 14.8 Å². The van der Waals surface area contributed by atoms with Crippen molar-refractivity contribution in [1.29, 1.82) is 0 Å². The van der Waals surface area contributed by atoms with Gasteiger partial charge in [0.15, 0.2) is 5.82 Å². The van der Waals surface area contributed by atoms with Gasteiger partial charge in [0.2, 0.25) is 0 Å². The molecule has 2 aromatic carbocycles. The lowest BCUT2D eigenvalue weighted by molar-refractivity contribution is -0.141. The van der Waals surface area contributed by atoms with Crippen LogP contribution in [-0.4, -0.2) is 31.6 Å². The molecule has 4 aromatic rings. The Morgan fingerprint density at radius 2 is 1.80 bits per heavy atom. The molecular formula is C27H27N5O2S. The van der Waals surface area contributed by atoms with E-state index in [4.69, 9.17) is 4.99 Å². The topological polar surface area (TPSA) is 92.4 Å². The van der Waals surface area contributed by atoms with Crippen molar-refractivity contribution in [2.75, 3.05) is 5.32 Å². The third-order valence-electron chi connectivity index (χ3n) is 6.55. The Kier molecular flexibility index (Phi) is 5.98. The Labute approximate surface area is 208 Å². The molecule has 5 rings (SSSR count). The molecule has 8 heteroatoms. The lowest BCUT2D eigenvalue weighted by Crippen LogP contribution is -2.21. The molecule has 0 amide bonds. The molecule has 1 aliphatic rings. The first kappa shape index (κ1) is 23.0. The standard InChI is InChI=1S/C27H27N5O2S/c1-15-17(3)35-26-22(15)24(29-23(16(2)27(33)34)25-31-30-18(4)32(25)26)20-10-12-21(13-11-20)28-14-19-8-6-5-7-9-19/h5-13,16,23,28H,14H2,1-4H3,(H,33,34)/t16-,23?/m0/s1. The molecule has 0 saturated heterocycles. The number of aromatic nitrogens is 3. The molecule has 35 heavy (non-hydrogen) atoms. The van der Waals surface area contributed by atoms with Crippen LogP contribution >= 0.6 is 11.3 Å². The van der Waals surface area contributed by atoms with Gasteiger partial charge in [-0.25, -0.2) is 0 Å². The molecular weight excluding hydrogens is 458 g/mol. The van der Waals surface area contributed by atoms with Crippen LogP contribution in [0.1, 0.15) is 51.7 Å². The van der Waals surface area contributed by atoms with Gasteiger partial charge in [0.05, 0.1) is 11.6 Å². The number of rotatable bonds is 6. The van der Waals surface area contributed by atoms with Gasteiger partial charge in [0.25, 0.3) is 0 Å². The second-order valence-corrected chi connectivity index (χ2v) is 10.1. The number of nitrogens with zero attached hydrogens (tertiary/aromatic N) is 4. The number of aryl methyl sites for hydroxylation is 2. The summed E-state index contributed by atoms with van der Waals surface area (Å²) in [6, 6.07) is 17.8. The molecule has 178 valence electrons. The van der Waals surface area contributed by atoms with Crippen LogP contribution in [0.25, 0.3) is 5.00 Å². The Bertz CT molecular complexity index is 1420. The average Bonchev–Trinajstić information content (AvgIpc) is 3.33. The molecule has 0 radical (unpaired) electrons. The minimum atomic E-state index is -0.913. The minimum absolute atomic E-state index is 0.566. The van der Waals surface area contributed by atoms with Gasteiger partial charge in [-0.05, 0) is 51.0 Å². The van der Waals surface area contributed by atoms with Crippen molar-refractivity contribution in [2.45, 2.75) is 40.3 Å². The summed E-state index contributed by atoms with van der Waals surface area (Å²) in [6.07, 6.45) is 0. The highest BCUT2D eigenvalue weighted by molar-refractivity contribution is 7.15. The number of anilines is 1. The number of hydrogen-bond donors (Lipinski definition) is 2. The van der Waals surface area contributed by atoms with E-state index in [1.807, 2.05) is 54.0 Å². The van der Waals surface area contributed by atoms with Gasteiger partial charge in [-0.2, -0.15) is 0 Å². The van der Waals surface area contributed by atoms with E-state index in [-0.39, 0.29) is 0 Å². The SMILES string of the molecule is Cc1sc2c(c1C)C(c1ccc(NCc3ccccc3)cc1)=NC([C@H](C)C(=O)O)c1nnc(C)n1-2. The van der Waals surface area contributed by atoms with Crippen LogP contribution in [0.3, 0.4) is 0 Å². The summed E-state index contributed by atoms with van der Waals surface area (Å²) in [5.41, 5.74) is 6.10. The third kappa shape index (κ3) is 4.14. The number of carbonyl (C=O) groups is 1. The molecule has 0 spiro atoms. The maximum Gasteiger partial charge on any atom is 0.308 e. The fourth-order valence-electron chi connectivity index (χ4n) is 4.36. The molecule has 7 nitrogen and oxygen atoms in total. The zero-order chi connectivity index (χ0) is 24.7. The van der Waals surface area contributed by atoms with Crippen LogP contribution in [0.4, 0.5) is 5.69 Å². The summed E-state index contributed by atoms with van der Waals surface area (Å²) in [4.78, 5) is 18.3. The maximum absolute atomic E-state index is 12.0. The highest BCUT2D eigenvalue weighted by Gasteiger charge is 2.36. The lowest BCUT2D eigenvalue weighted by atomic mass is 9.98. The van der Waals surface area contributed by atoms with E-state index in [0.717, 1.165) is 45.5 Å². The highest BCUT2D eigenvalue weighted by Crippen LogP contribution is 2.40. The van der Waals surface area contributed by atoms with Crippen LogP contribution in [0.2, 0.25) is 0 Å². The first-order valence-corrected chi connectivity index (χ1v) is 12.4. The summed E-state index contributed by atoms with van der Waals surface area (Å²) >= 11 is 1.66. The lowest BCUT2D eigenvalue weighted by Gasteiger charge is -2.16. The molecule has 0 saturated carbocycles. The van der Waals surface area contributed by atoms with Crippen LogP contribution in [-0.2, 0) is 11.3 Å². The van der Waals surface area contributed by atoms with Crippen molar-refractivity contribution in [3.05, 3.63) is 93.4 Å². The third-order valence-corrected chi connectivity index (χ3v) is 7.74. The number of thiophene rings is 1. The monoisotopic (exact) mass is 485 g/mol. The quantitative estimate of drug-likeness (QED) is 0.377. The Hall–Kier alpha value is -3.78. The molecule has 2 aromatic heterocycles. The highest BCUT2D eigenvalue weighted by atomic mass is 32.1. The smallest absolute Gasteiger partial charge is 0.308 e. The molecule has 0 aliphatic carbocycles. The summed E-state index contributed by atoms with van der Waals surface area (Å²) in [5, 5.41) is 22.9. The first-order chi connectivity index (χ1) is 16.8. The van der Waals surface area contributed by atoms with E-state index in [1.165, 1.54) is 10.4 Å². The van der Waals surface area contributed by atoms with Crippen molar-refractivity contribution >= 4 is 28.7 Å². The maximum atomic E-state index is 12.0. The predicted molar refractivity (Wildman–Crippen MR) is 139 cm³/mol. The van der Waals surface area contributed by atoms with E-state index in [1.54, 1.807) is 18.3 Å². The van der Waals surface area contributed by atoms with Crippen molar-refractivity contribution < 1.29 is 9.90 Å². The number of hydrogen-bond acceptors (Lipinski definition) is 6. The fourth-order valence-corrected chi connectivity index (χ4v) is 5.58. The molecule has 2 N–H and O–H groups in total. The Balaban J connectivity index is 1.58. The number of nitrogens with one attached hydrogen (secondary N) is 1. The molecule has 1 aliphatic heterocycles. The van der Waals surface area contributed by atoms with E-state index < -0.39 is 17.9 Å². The molecule has 1 unspecified atom stereocenters. The van der Waals surface area contributed by atoms with Crippen LogP contribution < -0.4 is 5.32 Å². The summed E-state index contributed by atoms with van der Waals surface area (Å²) in [6.45, 7) is 8.50. The van der Waals surface area contributed by atoms with Crippen LogP contribution in [0.15, 0.2) is 59.6 Å². The van der Waals surface area contributed by atoms with Gasteiger partial charge in [-0.3, -0.25) is 14.4 Å². The van der Waals surface area contributed by atoms with Crippen LogP contribution in [0, 0.1) is 26.7 Å². The zero-order valence-corrected chi connectivity index (χ0v) is 20.9. The Morgan fingerprint density at radius 3 is 2.49 bits per heavy atom. The van der Waals surface area contributed by atoms with Gasteiger partial charge in [-0.15, -0.1) is 21.5 Å². The summed E-state index contributed by atoms with van der Waals surface area (Å²) in [5.74, 6) is -0.378. The largest absolute Gasteiger partial charge is 0.481 e. The number of carboxylic acid groups (broad SMARTS) is 1. The average molecular weight is 486 g/mol. The van der Waals surface area contributed by atoms with Gasteiger partial charge in [0, 0.05) is 28.2 Å². The van der Waals surface area contributed by atoms with Crippen molar-refractivity contribution in [3.63, 3.8) is 0 Å². The van der Waals surface area contributed by atoms with Gasteiger partial charge in [0.1, 0.15) is 16.9 Å². The molecule has 2 atom stereocenters. The summed E-state index contributed by atoms with van der Waals surface area (Å²) in [7, 11) is 0. The molecule has 0 bridgehead atoms. The van der Waals surface area contributed by atoms with E-state index in [0.29, 0.717) is 5.82 Å².